The summed E-state index contributed by atoms with van der Waals surface area (Å²) in [4.78, 5) is 0. The van der Waals surface area contributed by atoms with E-state index in [0.717, 1.165) is 16.9 Å². The maximum Gasteiger partial charge on any atom is 0.143 e. The van der Waals surface area contributed by atoms with Crippen molar-refractivity contribution >= 4 is 28.9 Å². The zero-order valence-electron chi connectivity index (χ0n) is 10.9. The molecule has 7 heteroatoms. The van der Waals surface area contributed by atoms with Gasteiger partial charge in [0.05, 0.1) is 15.7 Å². The van der Waals surface area contributed by atoms with Gasteiger partial charge in [-0.25, -0.2) is 4.68 Å². The average Bonchev–Trinajstić information content (AvgIpc) is 3.03. The molecule has 0 saturated heterocycles. The largest absolute Gasteiger partial charge is 0.381 e. The van der Waals surface area contributed by atoms with Gasteiger partial charge in [-0.15, -0.1) is 5.10 Å². The van der Waals surface area contributed by atoms with Crippen molar-refractivity contribution in [3.8, 4) is 5.69 Å². The molecule has 0 atom stereocenters. The van der Waals surface area contributed by atoms with E-state index in [0.29, 0.717) is 16.6 Å². The van der Waals surface area contributed by atoms with Crippen LogP contribution in [0.3, 0.4) is 0 Å². The molecule has 0 amide bonds. The van der Waals surface area contributed by atoms with Crippen molar-refractivity contribution in [2.75, 3.05) is 5.32 Å². The molecule has 2 aromatic carbocycles. The van der Waals surface area contributed by atoms with Crippen molar-refractivity contribution in [1.82, 2.24) is 20.2 Å². The first-order valence-electron chi connectivity index (χ1n) is 6.24. The maximum absolute atomic E-state index is 6.17. The summed E-state index contributed by atoms with van der Waals surface area (Å²) < 4.78 is 1.59. The second-order valence-corrected chi connectivity index (χ2v) is 5.16. The molecule has 0 spiro atoms. The van der Waals surface area contributed by atoms with Crippen LogP contribution in [-0.4, -0.2) is 20.2 Å². The van der Waals surface area contributed by atoms with Gasteiger partial charge >= 0.3 is 0 Å². The molecule has 0 aliphatic heterocycles. The SMILES string of the molecule is Clc1cccc(CNc2cccc(-n3cnnn3)c2)c1Cl. The maximum atomic E-state index is 6.17. The number of anilines is 1. The summed E-state index contributed by atoms with van der Waals surface area (Å²) in [6.45, 7) is 0.582. The summed E-state index contributed by atoms with van der Waals surface area (Å²) >= 11 is 12.2. The lowest BCUT2D eigenvalue weighted by Crippen LogP contribution is -2.02. The Kier molecular flexibility index (Phi) is 4.03. The number of rotatable bonds is 4. The van der Waals surface area contributed by atoms with Crippen LogP contribution in [0.1, 0.15) is 5.56 Å². The minimum atomic E-state index is 0.554. The summed E-state index contributed by atoms with van der Waals surface area (Å²) in [6, 6.07) is 13.4. The van der Waals surface area contributed by atoms with Crippen LogP contribution in [0.25, 0.3) is 5.69 Å². The topological polar surface area (TPSA) is 55.6 Å². The second kappa shape index (κ2) is 6.11. The van der Waals surface area contributed by atoms with Crippen LogP contribution < -0.4 is 5.32 Å². The molecule has 1 N–H and O–H groups in total. The van der Waals surface area contributed by atoms with E-state index in [2.05, 4.69) is 20.8 Å². The van der Waals surface area contributed by atoms with E-state index in [9.17, 15) is 0 Å². The monoisotopic (exact) mass is 319 g/mol. The highest BCUT2D eigenvalue weighted by Crippen LogP contribution is 2.26. The van der Waals surface area contributed by atoms with Crippen molar-refractivity contribution in [2.45, 2.75) is 6.54 Å². The number of halogens is 2. The van der Waals surface area contributed by atoms with Gasteiger partial charge in [0.2, 0.25) is 0 Å². The van der Waals surface area contributed by atoms with Crippen LogP contribution in [0.4, 0.5) is 5.69 Å². The third kappa shape index (κ3) is 3.15. The average molecular weight is 320 g/mol. The highest BCUT2D eigenvalue weighted by molar-refractivity contribution is 6.42. The van der Waals surface area contributed by atoms with Crippen molar-refractivity contribution in [3.63, 3.8) is 0 Å². The number of benzene rings is 2. The number of aromatic nitrogens is 4. The van der Waals surface area contributed by atoms with Gasteiger partial charge in [-0.1, -0.05) is 41.4 Å². The molecule has 3 rings (SSSR count). The zero-order valence-corrected chi connectivity index (χ0v) is 12.4. The molecule has 106 valence electrons. The Morgan fingerprint density at radius 2 is 1.95 bits per heavy atom. The predicted octanol–water partition coefficient (Wildman–Crippen LogP) is 3.58. The first kappa shape index (κ1) is 13.9. The highest BCUT2D eigenvalue weighted by Gasteiger charge is 2.04. The number of nitrogens with zero attached hydrogens (tertiary/aromatic N) is 4. The fourth-order valence-corrected chi connectivity index (χ4v) is 2.31. The van der Waals surface area contributed by atoms with Gasteiger partial charge in [-0.2, -0.15) is 0 Å². The summed E-state index contributed by atoms with van der Waals surface area (Å²) in [5.74, 6) is 0. The molecule has 3 aromatic rings. The van der Waals surface area contributed by atoms with Crippen LogP contribution in [0, 0.1) is 0 Å². The standard InChI is InChI=1S/C14H11Cl2N5/c15-13-6-1-3-10(14(13)16)8-17-11-4-2-5-12(7-11)21-9-18-19-20-21/h1-7,9,17H,8H2. The van der Waals surface area contributed by atoms with E-state index < -0.39 is 0 Å². The number of hydrogen-bond acceptors (Lipinski definition) is 4. The first-order valence-corrected chi connectivity index (χ1v) is 7.00. The van der Waals surface area contributed by atoms with Crippen molar-refractivity contribution < 1.29 is 0 Å². The van der Waals surface area contributed by atoms with Gasteiger partial charge in [-0.05, 0) is 40.3 Å². The van der Waals surface area contributed by atoms with E-state index in [-0.39, 0.29) is 0 Å². The van der Waals surface area contributed by atoms with Crippen LogP contribution in [0.2, 0.25) is 10.0 Å². The van der Waals surface area contributed by atoms with Crippen LogP contribution in [0.5, 0.6) is 0 Å². The van der Waals surface area contributed by atoms with Gasteiger partial charge in [0.15, 0.2) is 0 Å². The van der Waals surface area contributed by atoms with E-state index in [4.69, 9.17) is 23.2 Å². The molecule has 0 saturated carbocycles. The van der Waals surface area contributed by atoms with Crippen molar-refractivity contribution in [1.29, 1.82) is 0 Å². The van der Waals surface area contributed by atoms with Crippen LogP contribution in [0.15, 0.2) is 48.8 Å². The molecule has 0 fully saturated rings. The first-order chi connectivity index (χ1) is 10.2. The molecule has 0 radical (unpaired) electrons. The molecular weight excluding hydrogens is 309 g/mol. The highest BCUT2D eigenvalue weighted by atomic mass is 35.5. The Morgan fingerprint density at radius 3 is 2.76 bits per heavy atom. The molecule has 21 heavy (non-hydrogen) atoms. The van der Waals surface area contributed by atoms with E-state index in [1.54, 1.807) is 17.1 Å². The molecule has 0 aliphatic carbocycles. The quantitative estimate of drug-likeness (QED) is 0.798. The van der Waals surface area contributed by atoms with Gasteiger partial charge in [0.25, 0.3) is 0 Å². The molecule has 0 bridgehead atoms. The molecule has 5 nitrogen and oxygen atoms in total. The summed E-state index contributed by atoms with van der Waals surface area (Å²) in [5.41, 5.74) is 2.76. The fourth-order valence-electron chi connectivity index (χ4n) is 1.92. The minimum Gasteiger partial charge on any atom is -0.381 e. The van der Waals surface area contributed by atoms with Crippen molar-refractivity contribution in [2.24, 2.45) is 0 Å². The second-order valence-electron chi connectivity index (χ2n) is 4.37. The lowest BCUT2D eigenvalue weighted by molar-refractivity contribution is 0.789. The predicted molar refractivity (Wildman–Crippen MR) is 82.9 cm³/mol. The number of hydrogen-bond donors (Lipinski definition) is 1. The molecule has 1 heterocycles. The van der Waals surface area contributed by atoms with Crippen LogP contribution in [-0.2, 0) is 6.54 Å². The van der Waals surface area contributed by atoms with Gasteiger partial charge in [0, 0.05) is 12.2 Å². The van der Waals surface area contributed by atoms with E-state index >= 15 is 0 Å². The Hall–Kier alpha value is -2.11. The summed E-state index contributed by atoms with van der Waals surface area (Å²) in [6.07, 6.45) is 1.55. The van der Waals surface area contributed by atoms with Crippen molar-refractivity contribution in [3.05, 3.63) is 64.4 Å². The van der Waals surface area contributed by atoms with E-state index in [1.807, 2.05) is 36.4 Å². The third-order valence-electron chi connectivity index (χ3n) is 2.97. The lowest BCUT2D eigenvalue weighted by Gasteiger charge is -2.10. The molecule has 0 aliphatic rings. The third-order valence-corrected chi connectivity index (χ3v) is 3.83. The Bertz CT molecular complexity index is 743. The fraction of sp³-hybridized carbons (Fsp3) is 0.0714. The minimum absolute atomic E-state index is 0.554. The molecule has 0 unspecified atom stereocenters. The van der Waals surface area contributed by atoms with E-state index in [1.165, 1.54) is 0 Å². The Morgan fingerprint density at radius 1 is 1.10 bits per heavy atom. The lowest BCUT2D eigenvalue weighted by atomic mass is 10.2. The summed E-state index contributed by atoms with van der Waals surface area (Å²) in [7, 11) is 0. The smallest absolute Gasteiger partial charge is 0.143 e. The normalized spacial score (nSPS) is 10.6. The zero-order chi connectivity index (χ0) is 14.7. The van der Waals surface area contributed by atoms with Crippen LogP contribution >= 0.6 is 23.2 Å². The van der Waals surface area contributed by atoms with Gasteiger partial charge in [-0.3, -0.25) is 0 Å². The number of tetrazole rings is 1. The molecule has 1 aromatic heterocycles. The Balaban J connectivity index is 1.77. The number of nitrogens with one attached hydrogen (secondary N) is 1. The Labute approximate surface area is 131 Å². The van der Waals surface area contributed by atoms with Gasteiger partial charge in [0.1, 0.15) is 6.33 Å². The molecular formula is C14H11Cl2N5. The summed E-state index contributed by atoms with van der Waals surface area (Å²) in [5, 5.41) is 15.5. The van der Waals surface area contributed by atoms with Gasteiger partial charge < -0.3 is 5.32 Å².